The SMILES string of the molecule is O=C(O)C(CO)N(Cl)Cl. The van der Waals surface area contributed by atoms with Crippen LogP contribution in [-0.4, -0.2) is 32.8 Å². The summed E-state index contributed by atoms with van der Waals surface area (Å²) in [7, 11) is 0. The number of hydrogen-bond donors (Lipinski definition) is 2. The monoisotopic (exact) mass is 173 g/mol. The molecule has 0 aromatic heterocycles. The number of aliphatic hydroxyl groups is 1. The van der Waals surface area contributed by atoms with Gasteiger partial charge in [-0.1, -0.05) is 0 Å². The highest BCUT2D eigenvalue weighted by Gasteiger charge is 2.21. The maximum atomic E-state index is 10.0. The average molecular weight is 174 g/mol. The van der Waals surface area contributed by atoms with Crippen molar-refractivity contribution in [1.29, 1.82) is 0 Å². The highest BCUT2D eigenvalue weighted by atomic mass is 35.5. The molecule has 0 bridgehead atoms. The molecule has 0 saturated heterocycles. The molecule has 0 heterocycles. The largest absolute Gasteiger partial charge is 0.480 e. The Kier molecular flexibility index (Phi) is 3.88. The van der Waals surface area contributed by atoms with Crippen LogP contribution in [0.15, 0.2) is 0 Å². The molecule has 0 aliphatic rings. The van der Waals surface area contributed by atoms with Crippen molar-refractivity contribution in [1.82, 2.24) is 3.94 Å². The van der Waals surface area contributed by atoms with Gasteiger partial charge in [-0.3, -0.25) is 4.79 Å². The Morgan fingerprint density at radius 2 is 2.11 bits per heavy atom. The molecular formula is C3H5Cl2NO3. The van der Waals surface area contributed by atoms with Gasteiger partial charge in [0.05, 0.1) is 6.61 Å². The van der Waals surface area contributed by atoms with Gasteiger partial charge in [0.2, 0.25) is 0 Å². The van der Waals surface area contributed by atoms with Crippen molar-refractivity contribution in [3.05, 3.63) is 0 Å². The lowest BCUT2D eigenvalue weighted by Crippen LogP contribution is -2.32. The third-order valence-electron chi connectivity index (χ3n) is 0.694. The zero-order chi connectivity index (χ0) is 7.44. The summed E-state index contributed by atoms with van der Waals surface area (Å²) in [6, 6.07) is -1.24. The molecule has 0 saturated carbocycles. The molecule has 9 heavy (non-hydrogen) atoms. The van der Waals surface area contributed by atoms with Gasteiger partial charge in [-0.05, 0) is 23.6 Å². The molecule has 0 rings (SSSR count). The van der Waals surface area contributed by atoms with Crippen LogP contribution in [0.25, 0.3) is 0 Å². The fraction of sp³-hybridized carbons (Fsp3) is 0.667. The molecule has 0 spiro atoms. The van der Waals surface area contributed by atoms with Crippen molar-refractivity contribution >= 4 is 29.5 Å². The van der Waals surface area contributed by atoms with Crippen LogP contribution in [0, 0.1) is 0 Å². The molecule has 4 nitrogen and oxygen atoms in total. The number of aliphatic carboxylic acids is 1. The quantitative estimate of drug-likeness (QED) is 0.593. The van der Waals surface area contributed by atoms with Gasteiger partial charge < -0.3 is 10.2 Å². The lowest BCUT2D eigenvalue weighted by molar-refractivity contribution is -0.141. The number of carbonyl (C=O) groups is 1. The molecule has 6 heteroatoms. The summed E-state index contributed by atoms with van der Waals surface area (Å²) in [6.07, 6.45) is 0. The molecule has 0 fully saturated rings. The second-order valence-corrected chi connectivity index (χ2v) is 2.20. The second kappa shape index (κ2) is 3.90. The Balaban J connectivity index is 3.83. The predicted octanol–water partition coefficient (Wildman–Crippen LogP) is 0.0415. The average Bonchev–Trinajstić information content (AvgIpc) is 1.64. The molecule has 0 aromatic rings. The third kappa shape index (κ3) is 2.86. The smallest absolute Gasteiger partial charge is 0.326 e. The summed E-state index contributed by atoms with van der Waals surface area (Å²) in [5, 5.41) is 16.4. The molecule has 1 atom stereocenters. The minimum atomic E-state index is -1.26. The van der Waals surface area contributed by atoms with Crippen molar-refractivity contribution in [2.24, 2.45) is 0 Å². The van der Waals surface area contributed by atoms with Gasteiger partial charge in [0.1, 0.15) is 0 Å². The Morgan fingerprint density at radius 3 is 2.11 bits per heavy atom. The Bertz CT molecular complexity index is 107. The Morgan fingerprint density at radius 1 is 1.67 bits per heavy atom. The van der Waals surface area contributed by atoms with Gasteiger partial charge in [-0.2, -0.15) is 0 Å². The van der Waals surface area contributed by atoms with Crippen molar-refractivity contribution in [3.63, 3.8) is 0 Å². The molecule has 0 radical (unpaired) electrons. The number of carboxylic acid groups (broad SMARTS) is 1. The van der Waals surface area contributed by atoms with E-state index in [1.165, 1.54) is 0 Å². The summed E-state index contributed by atoms with van der Waals surface area (Å²) < 4.78 is 0.391. The number of hydrogen-bond acceptors (Lipinski definition) is 3. The first-order valence-corrected chi connectivity index (χ1v) is 2.71. The van der Waals surface area contributed by atoms with Crippen LogP contribution in [-0.2, 0) is 4.79 Å². The van der Waals surface area contributed by atoms with Crippen molar-refractivity contribution in [3.8, 4) is 0 Å². The van der Waals surface area contributed by atoms with E-state index in [2.05, 4.69) is 0 Å². The summed E-state index contributed by atoms with van der Waals surface area (Å²) in [6.45, 7) is -0.609. The molecule has 0 aromatic carbocycles. The van der Waals surface area contributed by atoms with E-state index in [-0.39, 0.29) is 0 Å². The molecule has 54 valence electrons. The van der Waals surface area contributed by atoms with Crippen molar-refractivity contribution in [2.45, 2.75) is 6.04 Å². The van der Waals surface area contributed by atoms with Crippen LogP contribution in [0.2, 0.25) is 0 Å². The van der Waals surface area contributed by atoms with Gasteiger partial charge >= 0.3 is 5.97 Å². The van der Waals surface area contributed by atoms with Crippen molar-refractivity contribution in [2.75, 3.05) is 6.61 Å². The highest BCUT2D eigenvalue weighted by molar-refractivity contribution is 6.34. The predicted molar refractivity (Wildman–Crippen MR) is 32.1 cm³/mol. The van der Waals surface area contributed by atoms with Gasteiger partial charge in [0.25, 0.3) is 0 Å². The lowest BCUT2D eigenvalue weighted by Gasteiger charge is -2.10. The van der Waals surface area contributed by atoms with E-state index in [0.717, 1.165) is 0 Å². The number of aliphatic hydroxyl groups excluding tert-OH is 1. The minimum absolute atomic E-state index is 0.391. The number of halogens is 2. The van der Waals surface area contributed by atoms with E-state index in [1.54, 1.807) is 0 Å². The summed E-state index contributed by atoms with van der Waals surface area (Å²) in [5.41, 5.74) is 0. The lowest BCUT2D eigenvalue weighted by atomic mass is 10.3. The maximum Gasteiger partial charge on any atom is 0.326 e. The first-order valence-electron chi connectivity index (χ1n) is 2.04. The highest BCUT2D eigenvalue weighted by Crippen LogP contribution is 2.05. The number of carboxylic acids is 1. The molecule has 1 unspecified atom stereocenters. The van der Waals surface area contributed by atoms with E-state index in [1.807, 2.05) is 0 Å². The van der Waals surface area contributed by atoms with E-state index in [0.29, 0.717) is 3.94 Å². The fourth-order valence-corrected chi connectivity index (χ4v) is 0.514. The van der Waals surface area contributed by atoms with Crippen LogP contribution in [0.4, 0.5) is 0 Å². The fourth-order valence-electron chi connectivity index (χ4n) is 0.223. The Hall–Kier alpha value is -0.0300. The number of nitrogens with zero attached hydrogens (tertiary/aromatic N) is 1. The van der Waals surface area contributed by atoms with Crippen LogP contribution < -0.4 is 0 Å². The minimum Gasteiger partial charge on any atom is -0.480 e. The van der Waals surface area contributed by atoms with Gasteiger partial charge in [-0.15, -0.1) is 3.94 Å². The molecule has 0 aliphatic carbocycles. The molecule has 0 aliphatic heterocycles. The van der Waals surface area contributed by atoms with Gasteiger partial charge in [0, 0.05) is 0 Å². The van der Waals surface area contributed by atoms with E-state index < -0.39 is 18.6 Å². The van der Waals surface area contributed by atoms with Gasteiger partial charge in [-0.25, -0.2) is 0 Å². The standard InChI is InChI=1S/C3H5Cl2NO3/c4-6(5)2(1-7)3(8)9/h2,7H,1H2,(H,8,9). The Labute approximate surface area is 61.8 Å². The summed E-state index contributed by atoms with van der Waals surface area (Å²) >= 11 is 9.99. The van der Waals surface area contributed by atoms with Crippen LogP contribution in [0.1, 0.15) is 0 Å². The third-order valence-corrected chi connectivity index (χ3v) is 1.16. The molecule has 2 N–H and O–H groups in total. The topological polar surface area (TPSA) is 60.8 Å². The van der Waals surface area contributed by atoms with E-state index in [9.17, 15) is 4.79 Å². The van der Waals surface area contributed by atoms with E-state index >= 15 is 0 Å². The maximum absolute atomic E-state index is 10.0. The summed E-state index contributed by atoms with van der Waals surface area (Å²) in [4.78, 5) is 10.0. The van der Waals surface area contributed by atoms with Crippen LogP contribution >= 0.6 is 23.6 Å². The molecular weight excluding hydrogens is 169 g/mol. The molecule has 0 amide bonds. The van der Waals surface area contributed by atoms with E-state index in [4.69, 9.17) is 33.8 Å². The zero-order valence-electron chi connectivity index (χ0n) is 4.29. The van der Waals surface area contributed by atoms with Crippen LogP contribution in [0.3, 0.4) is 0 Å². The summed E-state index contributed by atoms with van der Waals surface area (Å²) in [5.74, 6) is -1.26. The van der Waals surface area contributed by atoms with Crippen molar-refractivity contribution < 1.29 is 15.0 Å². The normalized spacial score (nSPS) is 13.8. The second-order valence-electron chi connectivity index (χ2n) is 1.30. The first-order chi connectivity index (χ1) is 4.09. The van der Waals surface area contributed by atoms with Gasteiger partial charge in [0.15, 0.2) is 6.04 Å². The van der Waals surface area contributed by atoms with Crippen LogP contribution in [0.5, 0.6) is 0 Å². The first kappa shape index (κ1) is 8.97. The number of rotatable bonds is 3. The zero-order valence-corrected chi connectivity index (χ0v) is 5.80.